The van der Waals surface area contributed by atoms with Gasteiger partial charge in [0.25, 0.3) is 0 Å². The van der Waals surface area contributed by atoms with Crippen molar-refractivity contribution in [2.24, 2.45) is 0 Å². The molecule has 1 aliphatic rings. The number of aryl methyl sites for hydroxylation is 2. The highest BCUT2D eigenvalue weighted by Crippen LogP contribution is 2.34. The van der Waals surface area contributed by atoms with Crippen molar-refractivity contribution in [2.75, 3.05) is 36.0 Å². The smallest absolute Gasteiger partial charge is 0.368 e. The van der Waals surface area contributed by atoms with E-state index < -0.39 is 16.7 Å². The number of nitrogens with zero attached hydrogens (tertiary/aromatic N) is 5. The van der Waals surface area contributed by atoms with Gasteiger partial charge in [0.15, 0.2) is 0 Å². The quantitative estimate of drug-likeness (QED) is 0.546. The third-order valence-corrected chi connectivity index (χ3v) is 6.53. The molecule has 170 valence electrons. The van der Waals surface area contributed by atoms with Gasteiger partial charge >= 0.3 is 11.9 Å². The molecule has 0 unspecified atom stereocenters. The van der Waals surface area contributed by atoms with Crippen molar-refractivity contribution >= 4 is 23.0 Å². The van der Waals surface area contributed by atoms with Crippen molar-refractivity contribution in [1.82, 2.24) is 14.5 Å². The molecule has 32 heavy (non-hydrogen) atoms. The second kappa shape index (κ2) is 8.53. The Balaban J connectivity index is 1.46. The topological polar surface area (TPSA) is 54.3 Å². The maximum absolute atomic E-state index is 13.9. The zero-order valence-corrected chi connectivity index (χ0v) is 18.3. The van der Waals surface area contributed by atoms with Crippen LogP contribution < -0.4 is 15.5 Å². The Labute approximate surface area is 185 Å². The molecule has 0 saturated carbocycles. The lowest BCUT2D eigenvalue weighted by molar-refractivity contribution is -0.134. The molecule has 2 aromatic heterocycles. The highest BCUT2D eigenvalue weighted by Gasteiger charge is 2.32. The number of benzene rings is 1. The first kappa shape index (κ1) is 22.3. The van der Waals surface area contributed by atoms with E-state index in [1.807, 2.05) is 11.0 Å². The van der Waals surface area contributed by atoms with E-state index in [-0.39, 0.29) is 12.4 Å². The number of hydrogen-bond donors (Lipinski definition) is 0. The minimum atomic E-state index is -4.41. The fraction of sp³-hybridized carbons (Fsp3) is 0.381. The molecule has 1 saturated heterocycles. The zero-order chi connectivity index (χ0) is 23.0. The molecule has 4 rings (SSSR count). The lowest BCUT2D eigenvalue weighted by atomic mass is 10.2. The number of anilines is 2. The van der Waals surface area contributed by atoms with Crippen molar-refractivity contribution in [3.05, 3.63) is 67.8 Å². The number of halogens is 4. The van der Waals surface area contributed by atoms with Gasteiger partial charge in [0.1, 0.15) is 16.5 Å². The molecule has 0 N–H and O–H groups in total. The number of hydrogen-bond acceptors (Lipinski definition) is 6. The van der Waals surface area contributed by atoms with E-state index >= 15 is 0 Å². The zero-order valence-electron chi connectivity index (χ0n) is 17.5. The van der Waals surface area contributed by atoms with Crippen LogP contribution in [0.4, 0.5) is 29.2 Å². The molecule has 0 amide bonds. The maximum atomic E-state index is 13.9. The van der Waals surface area contributed by atoms with Crippen LogP contribution in [-0.4, -0.2) is 40.7 Å². The van der Waals surface area contributed by atoms with Crippen molar-refractivity contribution in [1.29, 1.82) is 0 Å². The second-order valence-electron chi connectivity index (χ2n) is 7.61. The highest BCUT2D eigenvalue weighted by atomic mass is 32.1. The first-order chi connectivity index (χ1) is 15.1. The van der Waals surface area contributed by atoms with Crippen LogP contribution >= 0.6 is 11.3 Å². The van der Waals surface area contributed by atoms with Crippen LogP contribution in [0.25, 0.3) is 0 Å². The summed E-state index contributed by atoms with van der Waals surface area (Å²) in [5.41, 5.74) is 0.834. The van der Waals surface area contributed by atoms with Crippen molar-refractivity contribution in [3.8, 4) is 0 Å². The fourth-order valence-corrected chi connectivity index (χ4v) is 4.42. The van der Waals surface area contributed by atoms with E-state index in [1.165, 1.54) is 16.7 Å². The Hall–Kier alpha value is -2.95. The number of alkyl halides is 3. The molecule has 0 spiro atoms. The van der Waals surface area contributed by atoms with Crippen molar-refractivity contribution < 1.29 is 17.6 Å². The summed E-state index contributed by atoms with van der Waals surface area (Å²) in [7, 11) is 0. The monoisotopic (exact) mass is 467 g/mol. The van der Waals surface area contributed by atoms with Gasteiger partial charge in [-0.2, -0.15) is 23.1 Å². The van der Waals surface area contributed by atoms with E-state index in [0.717, 1.165) is 11.8 Å². The van der Waals surface area contributed by atoms with Crippen LogP contribution in [-0.2, 0) is 12.7 Å². The third-order valence-electron chi connectivity index (χ3n) is 5.42. The van der Waals surface area contributed by atoms with E-state index in [0.29, 0.717) is 59.7 Å². The predicted octanol–water partition coefficient (Wildman–Crippen LogP) is 3.85. The Morgan fingerprint density at radius 3 is 2.28 bits per heavy atom. The van der Waals surface area contributed by atoms with Crippen LogP contribution in [0.5, 0.6) is 0 Å². The normalized spacial score (nSPS) is 14.8. The molecule has 6 nitrogen and oxygen atoms in total. The van der Waals surface area contributed by atoms with Gasteiger partial charge in [-0.05, 0) is 43.7 Å². The number of rotatable bonds is 4. The van der Waals surface area contributed by atoms with Gasteiger partial charge in [-0.1, -0.05) is 6.07 Å². The van der Waals surface area contributed by atoms with Crippen molar-refractivity contribution in [3.63, 3.8) is 0 Å². The first-order valence-corrected chi connectivity index (χ1v) is 10.8. The van der Waals surface area contributed by atoms with Crippen LogP contribution in [0.15, 0.2) is 35.1 Å². The Morgan fingerprint density at radius 1 is 1.00 bits per heavy atom. The largest absolute Gasteiger partial charge is 0.425 e. The van der Waals surface area contributed by atoms with Crippen molar-refractivity contribution in [2.45, 2.75) is 26.6 Å². The van der Waals surface area contributed by atoms with Gasteiger partial charge in [-0.25, -0.2) is 9.18 Å². The summed E-state index contributed by atoms with van der Waals surface area (Å²) in [6, 6.07) is 7.51. The first-order valence-electron chi connectivity index (χ1n) is 9.99. The Kier molecular flexibility index (Phi) is 5.93. The molecule has 0 radical (unpaired) electrons. The minimum Gasteiger partial charge on any atom is -0.368 e. The summed E-state index contributed by atoms with van der Waals surface area (Å²) >= 11 is 0.601. The number of aromatic nitrogens is 3. The summed E-state index contributed by atoms with van der Waals surface area (Å²) in [4.78, 5) is 24.7. The van der Waals surface area contributed by atoms with Crippen LogP contribution in [0, 0.1) is 19.7 Å². The number of piperazine rings is 1. The second-order valence-corrected chi connectivity index (χ2v) is 8.78. The Morgan fingerprint density at radius 2 is 1.69 bits per heavy atom. The summed E-state index contributed by atoms with van der Waals surface area (Å²) in [5.74, 6) is 0.422. The van der Waals surface area contributed by atoms with Gasteiger partial charge in [0, 0.05) is 36.7 Å². The van der Waals surface area contributed by atoms with Crippen LogP contribution in [0.2, 0.25) is 0 Å². The molecule has 1 aliphatic heterocycles. The van der Waals surface area contributed by atoms with E-state index in [9.17, 15) is 22.4 Å². The predicted molar refractivity (Wildman–Crippen MR) is 115 cm³/mol. The summed E-state index contributed by atoms with van der Waals surface area (Å²) < 4.78 is 53.6. The molecular formula is C21H21F4N5OS. The van der Waals surface area contributed by atoms with Gasteiger partial charge in [0.05, 0.1) is 6.54 Å². The highest BCUT2D eigenvalue weighted by molar-refractivity contribution is 7.12. The van der Waals surface area contributed by atoms with Gasteiger partial charge < -0.3 is 9.80 Å². The number of thiophene rings is 1. The Bertz CT molecular complexity index is 1180. The van der Waals surface area contributed by atoms with E-state index in [1.54, 1.807) is 19.9 Å². The van der Waals surface area contributed by atoms with E-state index in [2.05, 4.69) is 14.9 Å². The molecule has 1 fully saturated rings. The average molecular weight is 467 g/mol. The molecule has 1 aromatic carbocycles. The third kappa shape index (κ3) is 4.62. The SMILES string of the molecule is Cc1ccc(N2CCN(c3nc(C)n(Cc4ccc(C(F)(F)F)s4)c(=O)n3)CC2)cc1F. The van der Waals surface area contributed by atoms with Gasteiger partial charge in [-0.15, -0.1) is 11.3 Å². The molecule has 3 heterocycles. The maximum Gasteiger partial charge on any atom is 0.425 e. The summed E-state index contributed by atoms with van der Waals surface area (Å²) in [5, 5.41) is 0. The van der Waals surface area contributed by atoms with Crippen LogP contribution in [0.1, 0.15) is 21.1 Å². The van der Waals surface area contributed by atoms with Gasteiger partial charge in [0.2, 0.25) is 5.95 Å². The van der Waals surface area contributed by atoms with E-state index in [4.69, 9.17) is 0 Å². The lowest BCUT2D eigenvalue weighted by Gasteiger charge is -2.36. The summed E-state index contributed by atoms with van der Waals surface area (Å²) in [6.45, 7) is 5.67. The minimum absolute atomic E-state index is 0.0154. The summed E-state index contributed by atoms with van der Waals surface area (Å²) in [6.07, 6.45) is -4.41. The van der Waals surface area contributed by atoms with Crippen LogP contribution in [0.3, 0.4) is 0 Å². The molecule has 0 aliphatic carbocycles. The standard InChI is InChI=1S/C21H21F4N5OS/c1-13-3-4-15(11-17(13)22)28-7-9-29(10-8-28)19-26-14(2)30(20(31)27-19)12-16-5-6-18(32-16)21(23,24)25/h3-6,11H,7-10,12H2,1-2H3. The lowest BCUT2D eigenvalue weighted by Crippen LogP contribution is -2.48. The molecule has 0 atom stereocenters. The molecule has 3 aromatic rings. The molecule has 0 bridgehead atoms. The fourth-order valence-electron chi connectivity index (χ4n) is 3.55. The van der Waals surface area contributed by atoms with Gasteiger partial charge in [-0.3, -0.25) is 4.57 Å². The molecule has 11 heteroatoms. The average Bonchev–Trinajstić information content (AvgIpc) is 3.22. The molecular weight excluding hydrogens is 446 g/mol.